The van der Waals surface area contributed by atoms with E-state index in [2.05, 4.69) is 20.3 Å². The molecule has 0 bridgehead atoms. The van der Waals surface area contributed by atoms with Crippen molar-refractivity contribution in [1.82, 2.24) is 20.3 Å². The van der Waals surface area contributed by atoms with E-state index in [1.165, 1.54) is 11.3 Å². The highest BCUT2D eigenvalue weighted by Crippen LogP contribution is 2.26. The van der Waals surface area contributed by atoms with Crippen LogP contribution in [0.5, 0.6) is 0 Å². The molecule has 1 unspecified atom stereocenters. The van der Waals surface area contributed by atoms with Crippen LogP contribution in [0.4, 0.5) is 0 Å². The van der Waals surface area contributed by atoms with Crippen molar-refractivity contribution in [2.45, 2.75) is 19.4 Å². The van der Waals surface area contributed by atoms with Crippen LogP contribution in [0, 0.1) is 6.92 Å². The van der Waals surface area contributed by atoms with Crippen LogP contribution in [0.15, 0.2) is 18.6 Å². The maximum atomic E-state index is 12.6. The number of carboxylic acids is 1. The maximum Gasteiger partial charge on any atom is 0.305 e. The van der Waals surface area contributed by atoms with Crippen molar-refractivity contribution in [3.05, 3.63) is 29.2 Å². The van der Waals surface area contributed by atoms with Crippen LogP contribution >= 0.6 is 11.3 Å². The highest BCUT2D eigenvalue weighted by atomic mass is 32.1. The molecule has 1 amide bonds. The third-order valence-electron chi connectivity index (χ3n) is 3.31. The molecule has 2 N–H and O–H groups in total. The van der Waals surface area contributed by atoms with Gasteiger partial charge in [-0.3, -0.25) is 19.6 Å². The zero-order chi connectivity index (χ0) is 18.6. The molecule has 25 heavy (non-hydrogen) atoms. The van der Waals surface area contributed by atoms with Gasteiger partial charge in [-0.2, -0.15) is 0 Å². The minimum absolute atomic E-state index is 0.129. The Bertz CT molecular complexity index is 755. The smallest absolute Gasteiger partial charge is 0.305 e. The van der Waals surface area contributed by atoms with E-state index < -0.39 is 12.0 Å². The summed E-state index contributed by atoms with van der Waals surface area (Å²) in [5.41, 5.74) is 1.19. The summed E-state index contributed by atoms with van der Waals surface area (Å²) in [6.45, 7) is 2.25. The van der Waals surface area contributed by atoms with Gasteiger partial charge in [0.05, 0.1) is 52.0 Å². The molecule has 2 heterocycles. The van der Waals surface area contributed by atoms with Crippen LogP contribution < -0.4 is 5.32 Å². The normalized spacial score (nSPS) is 12.6. The van der Waals surface area contributed by atoms with E-state index in [1.54, 1.807) is 25.5 Å². The summed E-state index contributed by atoms with van der Waals surface area (Å²) in [4.78, 5) is 36.7. The number of rotatable bonds is 7. The number of hydrogen-bond donors (Lipinski definition) is 2. The second kappa shape index (κ2) is 7.66. The fraction of sp³-hybridized carbons (Fsp3) is 0.438. The van der Waals surface area contributed by atoms with Crippen LogP contribution in [-0.4, -0.2) is 70.1 Å². The van der Waals surface area contributed by atoms with Gasteiger partial charge in [-0.25, -0.2) is 4.98 Å². The van der Waals surface area contributed by atoms with Gasteiger partial charge in [0.2, 0.25) is 0 Å². The lowest BCUT2D eigenvalue weighted by Gasteiger charge is -2.29. The third-order valence-corrected chi connectivity index (χ3v) is 4.49. The number of carbonyl (C=O) groups excluding carboxylic acids is 1. The topological polar surface area (TPSA) is 105 Å². The Hall–Kier alpha value is -2.39. The molecule has 8 nitrogen and oxygen atoms in total. The quantitative estimate of drug-likeness (QED) is 0.715. The number of carbonyl (C=O) groups is 2. The molecule has 0 aliphatic rings. The van der Waals surface area contributed by atoms with Crippen molar-refractivity contribution < 1.29 is 19.2 Å². The first-order chi connectivity index (χ1) is 11.7. The van der Waals surface area contributed by atoms with Gasteiger partial charge in [0.25, 0.3) is 5.91 Å². The second-order valence-corrected chi connectivity index (χ2v) is 7.76. The number of aryl methyl sites for hydroxylation is 1. The number of nitrogens with zero attached hydrogens (tertiary/aromatic N) is 4. The Morgan fingerprint density at radius 1 is 1.32 bits per heavy atom. The van der Waals surface area contributed by atoms with Gasteiger partial charge in [-0.15, -0.1) is 11.3 Å². The molecule has 0 aliphatic heterocycles. The summed E-state index contributed by atoms with van der Waals surface area (Å²) in [6.07, 6.45) is 4.59. The molecule has 0 saturated carbocycles. The summed E-state index contributed by atoms with van der Waals surface area (Å²) < 4.78 is 0.546. The van der Waals surface area contributed by atoms with Gasteiger partial charge < -0.3 is 14.9 Å². The van der Waals surface area contributed by atoms with Crippen molar-refractivity contribution in [1.29, 1.82) is 0 Å². The Morgan fingerprint density at radius 2 is 2.04 bits per heavy atom. The molecule has 134 valence electrons. The average Bonchev–Trinajstić information content (AvgIpc) is 2.87. The van der Waals surface area contributed by atoms with E-state index >= 15 is 0 Å². The first-order valence-corrected chi connectivity index (χ1v) is 8.54. The number of aromatic nitrogens is 3. The lowest BCUT2D eigenvalue weighted by atomic mass is 10.1. The Labute approximate surface area is 150 Å². The van der Waals surface area contributed by atoms with Crippen molar-refractivity contribution in [2.75, 3.05) is 27.7 Å². The molecule has 0 saturated heterocycles. The van der Waals surface area contributed by atoms with Crippen LogP contribution in [-0.2, 0) is 4.79 Å². The number of quaternary nitrogens is 1. The van der Waals surface area contributed by atoms with Gasteiger partial charge >= 0.3 is 5.97 Å². The summed E-state index contributed by atoms with van der Waals surface area (Å²) in [7, 11) is 5.85. The standard InChI is InChI=1S/C16H21N5O3S/c1-10-14(25-16(19-10)12-8-17-5-6-18-12)15(24)20-11(7-13(22)23)9-21(2,3)4/h5-6,8,11H,7,9H2,1-4H3,(H-,20,22,23,24)/p+1. The van der Waals surface area contributed by atoms with Crippen molar-refractivity contribution >= 4 is 23.2 Å². The van der Waals surface area contributed by atoms with Gasteiger partial charge in [0, 0.05) is 12.4 Å². The predicted molar refractivity (Wildman–Crippen MR) is 94.3 cm³/mol. The lowest BCUT2D eigenvalue weighted by molar-refractivity contribution is -0.871. The van der Waals surface area contributed by atoms with Crippen LogP contribution in [0.25, 0.3) is 10.7 Å². The van der Waals surface area contributed by atoms with Gasteiger partial charge in [-0.1, -0.05) is 0 Å². The van der Waals surface area contributed by atoms with E-state index in [4.69, 9.17) is 5.11 Å². The monoisotopic (exact) mass is 364 g/mol. The van der Waals surface area contributed by atoms with Crippen LogP contribution in [0.1, 0.15) is 21.8 Å². The first kappa shape index (κ1) is 18.9. The Balaban J connectivity index is 2.18. The Morgan fingerprint density at radius 3 is 2.60 bits per heavy atom. The summed E-state index contributed by atoms with van der Waals surface area (Å²) in [5, 5.41) is 12.5. The lowest BCUT2D eigenvalue weighted by Crippen LogP contribution is -2.49. The second-order valence-electron chi connectivity index (χ2n) is 6.77. The minimum Gasteiger partial charge on any atom is -0.481 e. The summed E-state index contributed by atoms with van der Waals surface area (Å²) in [5.74, 6) is -1.26. The van der Waals surface area contributed by atoms with Crippen molar-refractivity contribution in [2.24, 2.45) is 0 Å². The largest absolute Gasteiger partial charge is 0.481 e. The molecule has 2 rings (SSSR count). The average molecular weight is 364 g/mol. The number of likely N-dealkylation sites (N-methyl/N-ethyl adjacent to an activating group) is 1. The fourth-order valence-corrected chi connectivity index (χ4v) is 3.34. The number of nitrogens with one attached hydrogen (secondary N) is 1. The molecular weight excluding hydrogens is 342 g/mol. The molecule has 0 aromatic carbocycles. The van der Waals surface area contributed by atoms with E-state index in [0.717, 1.165) is 0 Å². The first-order valence-electron chi connectivity index (χ1n) is 7.72. The van der Waals surface area contributed by atoms with Gasteiger partial charge in [0.15, 0.2) is 0 Å². The maximum absolute atomic E-state index is 12.6. The van der Waals surface area contributed by atoms with Crippen molar-refractivity contribution in [3.63, 3.8) is 0 Å². The summed E-state index contributed by atoms with van der Waals surface area (Å²) >= 11 is 1.22. The number of thiazole rings is 1. The van der Waals surface area contributed by atoms with Crippen LogP contribution in [0.2, 0.25) is 0 Å². The zero-order valence-electron chi connectivity index (χ0n) is 14.7. The molecule has 2 aromatic heterocycles. The van der Waals surface area contributed by atoms with Gasteiger partial charge in [-0.05, 0) is 6.92 Å². The molecule has 0 spiro atoms. The summed E-state index contributed by atoms with van der Waals surface area (Å²) in [6, 6.07) is -0.466. The third kappa shape index (κ3) is 5.57. The highest BCUT2D eigenvalue weighted by Gasteiger charge is 2.25. The van der Waals surface area contributed by atoms with E-state index in [1.807, 2.05) is 21.1 Å². The number of hydrogen-bond acceptors (Lipinski definition) is 6. The molecular formula is C16H22N5O3S+. The number of amides is 1. The zero-order valence-corrected chi connectivity index (χ0v) is 15.5. The Kier molecular flexibility index (Phi) is 5.81. The predicted octanol–water partition coefficient (Wildman–Crippen LogP) is 1.19. The highest BCUT2D eigenvalue weighted by molar-refractivity contribution is 7.17. The van der Waals surface area contributed by atoms with Crippen LogP contribution in [0.3, 0.4) is 0 Å². The molecule has 0 radical (unpaired) electrons. The number of carboxylic acid groups (broad SMARTS) is 1. The van der Waals surface area contributed by atoms with E-state index in [9.17, 15) is 9.59 Å². The molecule has 1 atom stereocenters. The molecule has 2 aromatic rings. The molecule has 9 heteroatoms. The number of aliphatic carboxylic acids is 1. The van der Waals surface area contributed by atoms with Gasteiger partial charge in [0.1, 0.15) is 15.6 Å². The fourth-order valence-electron chi connectivity index (χ4n) is 2.41. The van der Waals surface area contributed by atoms with E-state index in [-0.39, 0.29) is 12.3 Å². The minimum atomic E-state index is -0.944. The SMILES string of the molecule is Cc1nc(-c2cnccn2)sc1C(=O)NC(CC(=O)O)C[N+](C)(C)C. The van der Waals surface area contributed by atoms with E-state index in [0.29, 0.717) is 32.3 Å². The molecule has 0 aliphatic carbocycles. The van der Waals surface area contributed by atoms with Crippen molar-refractivity contribution in [3.8, 4) is 10.7 Å². The molecule has 0 fully saturated rings.